The fraction of sp³-hybridized carbons (Fsp3) is 0.286. The Hall–Kier alpha value is -1.06. The molecule has 17 heavy (non-hydrogen) atoms. The number of nitrogens with one attached hydrogen (secondary N) is 1. The Morgan fingerprint density at radius 3 is 2.47 bits per heavy atom. The highest BCUT2D eigenvalue weighted by molar-refractivity contribution is 9.10. The molecule has 1 unspecified atom stereocenters. The molecule has 2 rings (SSSR count). The minimum atomic E-state index is 0.0978. The van der Waals surface area contributed by atoms with Crippen LogP contribution in [-0.2, 0) is 0 Å². The minimum absolute atomic E-state index is 0.0978. The van der Waals surface area contributed by atoms with Gasteiger partial charge in [-0.2, -0.15) is 0 Å². The van der Waals surface area contributed by atoms with E-state index >= 15 is 0 Å². The Morgan fingerprint density at radius 2 is 1.94 bits per heavy atom. The average molecular weight is 294 g/mol. The Balaban J connectivity index is 2.38. The summed E-state index contributed by atoms with van der Waals surface area (Å²) in [5.41, 5.74) is 2.43. The van der Waals surface area contributed by atoms with Crippen molar-refractivity contribution in [1.29, 1.82) is 0 Å². The molecule has 0 spiro atoms. The summed E-state index contributed by atoms with van der Waals surface area (Å²) in [5.74, 6) is 1.88. The number of benzene rings is 1. The Morgan fingerprint density at radius 1 is 1.18 bits per heavy atom. The molecular weight excluding hydrogens is 278 g/mol. The lowest BCUT2D eigenvalue weighted by Crippen LogP contribution is -2.17. The van der Waals surface area contributed by atoms with E-state index in [4.69, 9.17) is 4.42 Å². The van der Waals surface area contributed by atoms with E-state index in [1.54, 1.807) is 0 Å². The van der Waals surface area contributed by atoms with Crippen molar-refractivity contribution in [2.75, 3.05) is 7.05 Å². The summed E-state index contributed by atoms with van der Waals surface area (Å²) < 4.78 is 6.81. The lowest BCUT2D eigenvalue weighted by atomic mass is 10.0. The highest BCUT2D eigenvalue weighted by Gasteiger charge is 2.15. The van der Waals surface area contributed by atoms with Crippen LogP contribution in [0.5, 0.6) is 0 Å². The first kappa shape index (κ1) is 12.4. The molecule has 1 atom stereocenters. The van der Waals surface area contributed by atoms with Crippen molar-refractivity contribution < 1.29 is 4.42 Å². The van der Waals surface area contributed by atoms with Gasteiger partial charge in [-0.3, -0.25) is 0 Å². The molecule has 1 N–H and O–H groups in total. The third kappa shape index (κ3) is 2.61. The molecule has 1 aromatic carbocycles. The molecule has 0 aliphatic heterocycles. The molecule has 0 radical (unpaired) electrons. The largest absolute Gasteiger partial charge is 0.464 e. The average Bonchev–Trinajstić information content (AvgIpc) is 2.71. The van der Waals surface area contributed by atoms with Crippen LogP contribution in [-0.4, -0.2) is 7.05 Å². The van der Waals surface area contributed by atoms with Crippen LogP contribution in [0.3, 0.4) is 0 Å². The number of hydrogen-bond donors (Lipinski definition) is 1. The first-order valence-corrected chi connectivity index (χ1v) is 6.40. The van der Waals surface area contributed by atoms with Crippen LogP contribution in [0.25, 0.3) is 0 Å². The second kappa shape index (κ2) is 5.07. The fourth-order valence-electron chi connectivity index (χ4n) is 1.87. The number of hydrogen-bond acceptors (Lipinski definition) is 2. The topological polar surface area (TPSA) is 25.2 Å². The molecule has 0 amide bonds. The maximum absolute atomic E-state index is 5.68. The molecule has 2 aromatic rings. The lowest BCUT2D eigenvalue weighted by molar-refractivity contribution is 0.444. The number of furan rings is 1. The van der Waals surface area contributed by atoms with Crippen LogP contribution in [0.4, 0.5) is 0 Å². The molecule has 0 bridgehead atoms. The van der Waals surface area contributed by atoms with Crippen LogP contribution in [0.1, 0.15) is 28.7 Å². The van der Waals surface area contributed by atoms with E-state index in [2.05, 4.69) is 46.4 Å². The van der Waals surface area contributed by atoms with Gasteiger partial charge in [0, 0.05) is 4.47 Å². The van der Waals surface area contributed by atoms with E-state index in [1.807, 2.05) is 26.1 Å². The summed E-state index contributed by atoms with van der Waals surface area (Å²) in [7, 11) is 1.94. The molecular formula is C14H16BrNO. The molecule has 1 aromatic heterocycles. The van der Waals surface area contributed by atoms with E-state index in [0.29, 0.717) is 0 Å². The molecule has 2 nitrogen and oxygen atoms in total. The highest BCUT2D eigenvalue weighted by Crippen LogP contribution is 2.27. The monoisotopic (exact) mass is 293 g/mol. The van der Waals surface area contributed by atoms with Crippen LogP contribution in [0, 0.1) is 13.8 Å². The summed E-state index contributed by atoms with van der Waals surface area (Å²) >= 11 is 3.56. The van der Waals surface area contributed by atoms with Crippen molar-refractivity contribution in [2.24, 2.45) is 0 Å². The van der Waals surface area contributed by atoms with Gasteiger partial charge in [0.15, 0.2) is 0 Å². The van der Waals surface area contributed by atoms with Crippen LogP contribution in [0.15, 0.2) is 39.2 Å². The first-order valence-electron chi connectivity index (χ1n) is 5.61. The zero-order valence-electron chi connectivity index (χ0n) is 10.3. The molecule has 0 fully saturated rings. The molecule has 0 aliphatic rings. The highest BCUT2D eigenvalue weighted by atomic mass is 79.9. The van der Waals surface area contributed by atoms with Gasteiger partial charge in [-0.05, 0) is 50.2 Å². The third-order valence-corrected chi connectivity index (χ3v) is 3.72. The first-order chi connectivity index (χ1) is 8.11. The smallest absolute Gasteiger partial charge is 0.125 e. The second-order valence-corrected chi connectivity index (χ2v) is 5.03. The summed E-state index contributed by atoms with van der Waals surface area (Å²) in [6.45, 7) is 4.04. The normalized spacial score (nSPS) is 12.7. The third-order valence-electron chi connectivity index (χ3n) is 2.86. The fourth-order valence-corrected chi connectivity index (χ4v) is 2.27. The van der Waals surface area contributed by atoms with Gasteiger partial charge in [0.05, 0.1) is 6.04 Å². The van der Waals surface area contributed by atoms with Crippen molar-refractivity contribution in [3.8, 4) is 0 Å². The molecule has 0 saturated heterocycles. The molecule has 0 aliphatic carbocycles. The minimum Gasteiger partial charge on any atom is -0.464 e. The second-order valence-electron chi connectivity index (χ2n) is 4.18. The quantitative estimate of drug-likeness (QED) is 0.926. The van der Waals surface area contributed by atoms with Crippen LogP contribution in [0.2, 0.25) is 0 Å². The van der Waals surface area contributed by atoms with Gasteiger partial charge in [0.2, 0.25) is 0 Å². The Kier molecular flexibility index (Phi) is 3.69. The standard InChI is InChI=1S/C14H16BrNO/c1-9-4-6-11(8-12(9)15)14(16-3)13-7-5-10(2)17-13/h4-8,14,16H,1-3H3. The maximum Gasteiger partial charge on any atom is 0.125 e. The molecule has 0 saturated carbocycles. The Labute approximate surface area is 110 Å². The predicted octanol–water partition coefficient (Wildman–Crippen LogP) is 3.97. The summed E-state index contributed by atoms with van der Waals surface area (Å²) in [6.07, 6.45) is 0. The molecule has 1 heterocycles. The van der Waals surface area contributed by atoms with E-state index in [1.165, 1.54) is 11.1 Å². The van der Waals surface area contributed by atoms with Crippen LogP contribution < -0.4 is 5.32 Å². The summed E-state index contributed by atoms with van der Waals surface area (Å²) in [4.78, 5) is 0. The predicted molar refractivity (Wildman–Crippen MR) is 73.2 cm³/mol. The van der Waals surface area contributed by atoms with E-state index < -0.39 is 0 Å². The summed E-state index contributed by atoms with van der Waals surface area (Å²) in [6, 6.07) is 10.5. The van der Waals surface area contributed by atoms with Gasteiger partial charge in [0.25, 0.3) is 0 Å². The van der Waals surface area contributed by atoms with E-state index in [0.717, 1.165) is 16.0 Å². The van der Waals surface area contributed by atoms with E-state index in [-0.39, 0.29) is 6.04 Å². The maximum atomic E-state index is 5.68. The van der Waals surface area contributed by atoms with Gasteiger partial charge in [-0.1, -0.05) is 28.1 Å². The van der Waals surface area contributed by atoms with Crippen molar-refractivity contribution in [2.45, 2.75) is 19.9 Å². The lowest BCUT2D eigenvalue weighted by Gasteiger charge is -2.15. The number of halogens is 1. The number of aryl methyl sites for hydroxylation is 2. The van der Waals surface area contributed by atoms with Crippen molar-refractivity contribution in [3.05, 3.63) is 57.5 Å². The number of rotatable bonds is 3. The Bertz CT molecular complexity index is 519. The van der Waals surface area contributed by atoms with E-state index in [9.17, 15) is 0 Å². The zero-order valence-corrected chi connectivity index (χ0v) is 11.8. The van der Waals surface area contributed by atoms with Crippen molar-refractivity contribution in [1.82, 2.24) is 5.32 Å². The van der Waals surface area contributed by atoms with Crippen molar-refractivity contribution >= 4 is 15.9 Å². The van der Waals surface area contributed by atoms with Crippen molar-refractivity contribution in [3.63, 3.8) is 0 Å². The SMILES string of the molecule is CNC(c1ccc(C)c(Br)c1)c1ccc(C)o1. The van der Waals surface area contributed by atoms with Gasteiger partial charge < -0.3 is 9.73 Å². The van der Waals surface area contributed by atoms with Crippen LogP contribution >= 0.6 is 15.9 Å². The molecule has 90 valence electrons. The van der Waals surface area contributed by atoms with Gasteiger partial charge >= 0.3 is 0 Å². The van der Waals surface area contributed by atoms with Gasteiger partial charge in [-0.25, -0.2) is 0 Å². The summed E-state index contributed by atoms with van der Waals surface area (Å²) in [5, 5.41) is 3.28. The van der Waals surface area contributed by atoms with Gasteiger partial charge in [-0.15, -0.1) is 0 Å². The van der Waals surface area contributed by atoms with Gasteiger partial charge in [0.1, 0.15) is 11.5 Å². The molecule has 3 heteroatoms. The zero-order chi connectivity index (χ0) is 12.4.